The first-order chi connectivity index (χ1) is 33.1. The molecule has 360 valence electrons. The number of fused-ring (bicyclic) bond motifs is 7. The van der Waals surface area contributed by atoms with Crippen LogP contribution in [0, 0.1) is 12.7 Å². The predicted molar refractivity (Wildman–Crippen MR) is 253 cm³/mol. The molecule has 0 radical (unpaired) electrons. The van der Waals surface area contributed by atoms with Gasteiger partial charge in [0.05, 0.1) is 40.6 Å². The summed E-state index contributed by atoms with van der Waals surface area (Å²) >= 11 is 0. The maximum absolute atomic E-state index is 15.4. The van der Waals surface area contributed by atoms with E-state index in [0.717, 1.165) is 63.6 Å². The highest BCUT2D eigenvalue weighted by atomic mass is 19.1. The molecule has 2 aromatic heterocycles. The Morgan fingerprint density at radius 3 is 2.41 bits per heavy atom. The first-order valence-electron chi connectivity index (χ1n) is 24.0. The number of nitrogens with one attached hydrogen (secondary N) is 1. The number of rotatable bonds is 12. The second kappa shape index (κ2) is 17.9. The van der Waals surface area contributed by atoms with Gasteiger partial charge in [0.1, 0.15) is 23.9 Å². The fraction of sp³-hybridized carbons (Fsp3) is 0.434. The highest BCUT2D eigenvalue weighted by Gasteiger charge is 2.42. The van der Waals surface area contributed by atoms with Crippen molar-refractivity contribution in [3.63, 3.8) is 0 Å². The lowest BCUT2D eigenvalue weighted by molar-refractivity contribution is -0.138. The normalized spacial score (nSPS) is 19.4. The molecule has 6 heterocycles. The van der Waals surface area contributed by atoms with Crippen LogP contribution in [0.2, 0.25) is 0 Å². The maximum Gasteiger partial charge on any atom is 0.408 e. The van der Waals surface area contributed by atoms with E-state index in [9.17, 15) is 34.2 Å². The molecule has 2 saturated heterocycles. The Hall–Kier alpha value is -6.81. The van der Waals surface area contributed by atoms with Gasteiger partial charge in [0.25, 0.3) is 23.8 Å². The number of hydrogen-bond donors (Lipinski definition) is 3. The molecule has 5 aliphatic rings. The lowest BCUT2D eigenvalue weighted by Crippen LogP contribution is -2.55. The van der Waals surface area contributed by atoms with Crippen molar-refractivity contribution in [2.24, 2.45) is 0 Å². The van der Waals surface area contributed by atoms with E-state index in [-0.39, 0.29) is 77.3 Å². The van der Waals surface area contributed by atoms with E-state index in [1.54, 1.807) is 27.4 Å². The molecule has 2 bridgehead atoms. The highest BCUT2D eigenvalue weighted by molar-refractivity contribution is 5.98. The number of carbonyl (C=O) groups excluding carboxylic acids is 4. The van der Waals surface area contributed by atoms with Crippen molar-refractivity contribution in [1.82, 2.24) is 29.6 Å². The molecule has 4 atom stereocenters. The molecule has 2 fully saturated rings. The summed E-state index contributed by atoms with van der Waals surface area (Å²) in [5.74, 6) is -1.28. The first-order valence-corrected chi connectivity index (χ1v) is 24.0. The smallest absolute Gasteiger partial charge is 0.408 e. The number of pyridine rings is 2. The van der Waals surface area contributed by atoms with Crippen molar-refractivity contribution >= 4 is 35.3 Å². The van der Waals surface area contributed by atoms with E-state index in [1.165, 1.54) is 12.1 Å². The minimum Gasteiger partial charge on any atom is -0.508 e. The topological polar surface area (TPSA) is 184 Å². The third-order valence-corrected chi connectivity index (χ3v) is 15.5. The molecule has 0 spiro atoms. The van der Waals surface area contributed by atoms with Crippen molar-refractivity contribution in [2.45, 2.75) is 129 Å². The van der Waals surface area contributed by atoms with Gasteiger partial charge in [0.15, 0.2) is 6.61 Å². The number of nitrogens with zero attached hydrogens (tertiary/aromatic N) is 5. The number of amides is 3. The predicted octanol–water partition coefficient (Wildman–Crippen LogP) is 7.34. The number of aromatic hydroxyl groups is 2. The summed E-state index contributed by atoms with van der Waals surface area (Å²) in [5, 5.41) is 24.6. The van der Waals surface area contributed by atoms with Gasteiger partial charge in [-0.2, -0.15) is 0 Å². The number of piperazine rings is 1. The van der Waals surface area contributed by atoms with Crippen molar-refractivity contribution in [2.75, 3.05) is 19.7 Å². The van der Waals surface area contributed by atoms with Gasteiger partial charge in [-0.15, -0.1) is 0 Å². The van der Waals surface area contributed by atoms with Crippen LogP contribution >= 0.6 is 0 Å². The molecule has 5 aromatic rings. The molecular formula is C53H57FN6O9. The Bertz CT molecular complexity index is 3030. The number of carbonyl (C=O) groups is 4. The summed E-state index contributed by atoms with van der Waals surface area (Å²) in [5.41, 5.74) is 9.17. The van der Waals surface area contributed by atoms with Gasteiger partial charge in [-0.05, 0) is 108 Å². The zero-order valence-electron chi connectivity index (χ0n) is 39.6. The molecule has 4 unspecified atom stereocenters. The zero-order chi connectivity index (χ0) is 48.6. The summed E-state index contributed by atoms with van der Waals surface area (Å²) in [6.07, 6.45) is 2.74. The van der Waals surface area contributed by atoms with Crippen LogP contribution in [0.1, 0.15) is 137 Å². The highest BCUT2D eigenvalue weighted by Crippen LogP contribution is 2.45. The van der Waals surface area contributed by atoms with Crippen LogP contribution < -0.4 is 10.9 Å². The van der Waals surface area contributed by atoms with Crippen LogP contribution in [0.4, 0.5) is 9.18 Å². The maximum atomic E-state index is 15.4. The molecular weight excluding hydrogens is 884 g/mol. The number of aromatic nitrogens is 2. The second-order valence-corrected chi connectivity index (χ2v) is 19.8. The van der Waals surface area contributed by atoms with Gasteiger partial charge in [-0.1, -0.05) is 45.9 Å². The number of benzene rings is 3. The van der Waals surface area contributed by atoms with E-state index in [4.69, 9.17) is 14.5 Å². The SMILES string of the molecule is CCC(C)c1cc2n(c(=O)c1COC=O)Cc1c-2nc2cc(F)c(C)c3c2c1C(NC(=O)OCC(=O)N1CC2CCC(C1)N2Cc1ccc2c(c1)CN(C(=O)c1cc(C(C)C)c(O)cc1O)C2)CC3. The average Bonchev–Trinajstić information content (AvgIpc) is 3.99. The molecule has 3 aromatic carbocycles. The quantitative estimate of drug-likeness (QED) is 0.104. The molecule has 15 nitrogen and oxygen atoms in total. The van der Waals surface area contributed by atoms with Crippen LogP contribution in [-0.4, -0.2) is 90.6 Å². The second-order valence-electron chi connectivity index (χ2n) is 19.8. The van der Waals surface area contributed by atoms with Gasteiger partial charge < -0.3 is 39.4 Å². The minimum atomic E-state index is -0.756. The molecule has 10 rings (SSSR count). The summed E-state index contributed by atoms with van der Waals surface area (Å²) in [7, 11) is 0. The lowest BCUT2D eigenvalue weighted by atomic mass is 9.82. The number of alkyl carbamates (subject to hydrolysis) is 1. The van der Waals surface area contributed by atoms with Gasteiger partial charge >= 0.3 is 6.09 Å². The zero-order valence-corrected chi connectivity index (χ0v) is 39.6. The van der Waals surface area contributed by atoms with E-state index in [1.807, 2.05) is 33.8 Å². The summed E-state index contributed by atoms with van der Waals surface area (Å²) in [6.45, 7) is 12.0. The number of phenols is 2. The van der Waals surface area contributed by atoms with Crippen molar-refractivity contribution in [3.05, 3.63) is 120 Å². The van der Waals surface area contributed by atoms with E-state index < -0.39 is 18.7 Å². The van der Waals surface area contributed by atoms with Gasteiger partial charge in [0, 0.05) is 67.9 Å². The monoisotopic (exact) mass is 940 g/mol. The van der Waals surface area contributed by atoms with Crippen molar-refractivity contribution in [1.29, 1.82) is 0 Å². The van der Waals surface area contributed by atoms with E-state index in [0.29, 0.717) is 85.6 Å². The summed E-state index contributed by atoms with van der Waals surface area (Å²) in [6, 6.07) is 12.1. The number of ether oxygens (including phenoxy) is 2. The van der Waals surface area contributed by atoms with Gasteiger partial charge in [-0.3, -0.25) is 24.1 Å². The average molecular weight is 941 g/mol. The summed E-state index contributed by atoms with van der Waals surface area (Å²) in [4.78, 5) is 77.2. The Morgan fingerprint density at radius 2 is 1.68 bits per heavy atom. The fourth-order valence-corrected chi connectivity index (χ4v) is 11.6. The largest absolute Gasteiger partial charge is 0.508 e. The molecule has 4 aliphatic heterocycles. The fourth-order valence-electron chi connectivity index (χ4n) is 11.6. The third-order valence-electron chi connectivity index (χ3n) is 15.5. The van der Waals surface area contributed by atoms with E-state index in [2.05, 4.69) is 28.4 Å². The third kappa shape index (κ3) is 8.05. The van der Waals surface area contributed by atoms with Crippen molar-refractivity contribution in [3.8, 4) is 22.9 Å². The lowest BCUT2D eigenvalue weighted by Gasteiger charge is -2.41. The Balaban J connectivity index is 0.800. The number of phenolic OH excluding ortho intramolecular Hbond substituents is 2. The molecule has 69 heavy (non-hydrogen) atoms. The summed E-state index contributed by atoms with van der Waals surface area (Å²) < 4.78 is 27.8. The number of likely N-dealkylation sites (tertiary alicyclic amines) is 1. The molecule has 16 heteroatoms. The Labute approximate surface area is 398 Å². The van der Waals surface area contributed by atoms with Crippen LogP contribution in [-0.2, 0) is 58.3 Å². The Morgan fingerprint density at radius 1 is 0.928 bits per heavy atom. The van der Waals surface area contributed by atoms with Crippen molar-refractivity contribution < 1.29 is 43.3 Å². The van der Waals surface area contributed by atoms with Crippen LogP contribution in [0.5, 0.6) is 11.5 Å². The van der Waals surface area contributed by atoms with Crippen LogP contribution in [0.3, 0.4) is 0 Å². The van der Waals surface area contributed by atoms with Crippen LogP contribution in [0.25, 0.3) is 22.3 Å². The Kier molecular flexibility index (Phi) is 11.9. The molecule has 1 aliphatic carbocycles. The first kappa shape index (κ1) is 45.9. The van der Waals surface area contributed by atoms with Gasteiger partial charge in [0.2, 0.25) is 0 Å². The number of halogens is 1. The van der Waals surface area contributed by atoms with Crippen LogP contribution in [0.15, 0.2) is 47.3 Å². The van der Waals surface area contributed by atoms with E-state index >= 15 is 4.39 Å². The number of hydrogen-bond acceptors (Lipinski definition) is 11. The molecule has 3 amide bonds. The molecule has 0 saturated carbocycles. The van der Waals surface area contributed by atoms with Gasteiger partial charge in [-0.25, -0.2) is 14.2 Å². The minimum absolute atomic E-state index is 0.0195. The number of aryl methyl sites for hydroxylation is 1. The molecule has 3 N–H and O–H groups in total. The standard InChI is InChI=1S/C53H57FN6O9/c1-6-28(4)37-15-44-50-39(23-60(44)52(66)40(37)24-68-26-61)49-42(12-11-35-29(5)41(54)16-43(55-50)48(35)49)56-53(67)69-25-47(64)57-21-33-9-10-34(22-57)59(33)18-30-7-8-31-19-58(20-32(31)13-30)51(65)38-14-36(27(2)3)45(62)17-46(38)63/h7-8,13-17,26-28,33-34,42,62-63H,6,9-12,18-25H2,1-5H3,(H,56,67).